The number of carbonyl (C=O) groups excluding carboxylic acids is 2. The number of nitrogens with zero attached hydrogens (tertiary/aromatic N) is 2. The molecule has 0 aromatic heterocycles. The molecular formula is C17H33N3O3. The van der Waals surface area contributed by atoms with Crippen LogP contribution >= 0.6 is 0 Å². The Morgan fingerprint density at radius 2 is 2.00 bits per heavy atom. The lowest BCUT2D eigenvalue weighted by atomic mass is 10.0. The number of likely N-dealkylation sites (tertiary alicyclic amines) is 1. The molecule has 6 nitrogen and oxygen atoms in total. The molecule has 0 aromatic rings. The van der Waals surface area contributed by atoms with Crippen molar-refractivity contribution in [2.45, 2.75) is 71.6 Å². The Labute approximate surface area is 140 Å². The van der Waals surface area contributed by atoms with Crippen LogP contribution in [0.5, 0.6) is 0 Å². The molecule has 1 aliphatic heterocycles. The SMILES string of the molecule is CCN(C)C(=O)C(C)NCC1CCCCN1C(=O)OC(C)(C)C. The fraction of sp³-hybridized carbons (Fsp3) is 0.882. The third kappa shape index (κ3) is 6.37. The van der Waals surface area contributed by atoms with Gasteiger partial charge in [0, 0.05) is 32.7 Å². The van der Waals surface area contributed by atoms with E-state index in [-0.39, 0.29) is 24.1 Å². The molecule has 0 radical (unpaired) electrons. The van der Waals surface area contributed by atoms with Gasteiger partial charge >= 0.3 is 6.09 Å². The van der Waals surface area contributed by atoms with Gasteiger partial charge in [-0.1, -0.05) is 0 Å². The minimum atomic E-state index is -0.487. The molecule has 23 heavy (non-hydrogen) atoms. The van der Waals surface area contributed by atoms with E-state index in [1.165, 1.54) is 0 Å². The quantitative estimate of drug-likeness (QED) is 0.841. The highest BCUT2D eigenvalue weighted by Crippen LogP contribution is 2.20. The van der Waals surface area contributed by atoms with Crippen molar-refractivity contribution >= 4 is 12.0 Å². The monoisotopic (exact) mass is 327 g/mol. The van der Waals surface area contributed by atoms with E-state index >= 15 is 0 Å². The Morgan fingerprint density at radius 1 is 1.35 bits per heavy atom. The minimum absolute atomic E-state index is 0.0760. The van der Waals surface area contributed by atoms with Gasteiger partial charge in [0.15, 0.2) is 0 Å². The first-order chi connectivity index (χ1) is 10.7. The zero-order chi connectivity index (χ0) is 17.6. The van der Waals surface area contributed by atoms with Gasteiger partial charge in [0.25, 0.3) is 0 Å². The van der Waals surface area contributed by atoms with Crippen molar-refractivity contribution in [1.29, 1.82) is 0 Å². The van der Waals surface area contributed by atoms with Gasteiger partial charge in [-0.3, -0.25) is 4.79 Å². The molecule has 0 aromatic carbocycles. The van der Waals surface area contributed by atoms with Crippen molar-refractivity contribution in [2.75, 3.05) is 26.7 Å². The molecule has 2 amide bonds. The van der Waals surface area contributed by atoms with Gasteiger partial charge in [-0.25, -0.2) is 4.79 Å². The number of ether oxygens (including phenoxy) is 1. The van der Waals surface area contributed by atoms with Gasteiger partial charge in [0.05, 0.1) is 6.04 Å². The van der Waals surface area contributed by atoms with Crippen LogP contribution in [0.2, 0.25) is 0 Å². The highest BCUT2D eigenvalue weighted by Gasteiger charge is 2.31. The van der Waals surface area contributed by atoms with Crippen LogP contribution in [0.3, 0.4) is 0 Å². The highest BCUT2D eigenvalue weighted by molar-refractivity contribution is 5.81. The Hall–Kier alpha value is -1.30. The minimum Gasteiger partial charge on any atom is -0.444 e. The summed E-state index contributed by atoms with van der Waals surface area (Å²) in [7, 11) is 1.80. The number of rotatable bonds is 5. The number of hydrogen-bond donors (Lipinski definition) is 1. The van der Waals surface area contributed by atoms with E-state index in [2.05, 4.69) is 5.32 Å². The van der Waals surface area contributed by atoms with Crippen molar-refractivity contribution in [1.82, 2.24) is 15.1 Å². The molecule has 1 aliphatic rings. The Kier molecular flexibility index (Phi) is 7.32. The number of hydrogen-bond acceptors (Lipinski definition) is 4. The van der Waals surface area contributed by atoms with Crippen LogP contribution in [0.25, 0.3) is 0 Å². The van der Waals surface area contributed by atoms with E-state index in [9.17, 15) is 9.59 Å². The third-order valence-electron chi connectivity index (χ3n) is 4.14. The van der Waals surface area contributed by atoms with Crippen molar-refractivity contribution in [3.63, 3.8) is 0 Å². The molecule has 1 N–H and O–H groups in total. The van der Waals surface area contributed by atoms with Gasteiger partial charge in [0.1, 0.15) is 5.60 Å². The summed E-state index contributed by atoms with van der Waals surface area (Å²) in [6, 6.07) is -0.164. The standard InChI is InChI=1S/C17H33N3O3/c1-7-19(6)15(21)13(2)18-12-14-10-8-9-11-20(14)16(22)23-17(3,4)5/h13-14,18H,7-12H2,1-6H3. The first-order valence-electron chi connectivity index (χ1n) is 8.63. The first-order valence-corrected chi connectivity index (χ1v) is 8.63. The maximum atomic E-state index is 12.4. The number of nitrogens with one attached hydrogen (secondary N) is 1. The van der Waals surface area contributed by atoms with Crippen molar-refractivity contribution in [2.24, 2.45) is 0 Å². The van der Waals surface area contributed by atoms with Gasteiger partial charge < -0.3 is 19.9 Å². The molecule has 0 bridgehead atoms. The van der Waals surface area contributed by atoms with Gasteiger partial charge in [-0.15, -0.1) is 0 Å². The Morgan fingerprint density at radius 3 is 2.57 bits per heavy atom. The van der Waals surface area contributed by atoms with Gasteiger partial charge in [-0.2, -0.15) is 0 Å². The number of likely N-dealkylation sites (N-methyl/N-ethyl adjacent to an activating group) is 1. The lowest BCUT2D eigenvalue weighted by molar-refractivity contribution is -0.131. The molecule has 1 rings (SSSR count). The average Bonchev–Trinajstić information content (AvgIpc) is 2.49. The molecule has 6 heteroatoms. The van der Waals surface area contributed by atoms with Crippen LogP contribution in [0.15, 0.2) is 0 Å². The zero-order valence-electron chi connectivity index (χ0n) is 15.5. The molecule has 1 saturated heterocycles. The van der Waals surface area contributed by atoms with Crippen LogP contribution in [0.1, 0.15) is 53.9 Å². The second-order valence-electron chi connectivity index (χ2n) is 7.31. The fourth-order valence-corrected chi connectivity index (χ4v) is 2.66. The van der Waals surface area contributed by atoms with Gasteiger partial charge in [-0.05, 0) is 53.9 Å². The normalized spacial score (nSPS) is 20.1. The van der Waals surface area contributed by atoms with Crippen LogP contribution in [0.4, 0.5) is 4.79 Å². The van der Waals surface area contributed by atoms with E-state index in [4.69, 9.17) is 4.74 Å². The second kappa shape index (κ2) is 8.52. The second-order valence-corrected chi connectivity index (χ2v) is 7.31. The number of carbonyl (C=O) groups is 2. The Bertz CT molecular complexity index is 406. The molecule has 0 spiro atoms. The highest BCUT2D eigenvalue weighted by atomic mass is 16.6. The van der Waals surface area contributed by atoms with Gasteiger partial charge in [0.2, 0.25) is 5.91 Å². The summed E-state index contributed by atoms with van der Waals surface area (Å²) in [5, 5.41) is 3.27. The van der Waals surface area contributed by atoms with Crippen molar-refractivity contribution in [3.05, 3.63) is 0 Å². The summed E-state index contributed by atoms with van der Waals surface area (Å²) < 4.78 is 5.50. The van der Waals surface area contributed by atoms with E-state index in [1.807, 2.05) is 39.5 Å². The number of piperidine rings is 1. The first kappa shape index (κ1) is 19.7. The zero-order valence-corrected chi connectivity index (χ0v) is 15.5. The lowest BCUT2D eigenvalue weighted by Gasteiger charge is -2.37. The predicted molar refractivity (Wildman–Crippen MR) is 91.4 cm³/mol. The molecule has 0 aliphatic carbocycles. The van der Waals surface area contributed by atoms with E-state index in [0.717, 1.165) is 25.8 Å². The molecule has 2 atom stereocenters. The maximum Gasteiger partial charge on any atom is 0.410 e. The Balaban J connectivity index is 2.58. The summed E-state index contributed by atoms with van der Waals surface area (Å²) >= 11 is 0. The van der Waals surface area contributed by atoms with E-state index < -0.39 is 5.60 Å². The molecule has 134 valence electrons. The molecular weight excluding hydrogens is 294 g/mol. The number of amides is 2. The van der Waals surface area contributed by atoms with Crippen LogP contribution in [-0.4, -0.2) is 66.2 Å². The largest absolute Gasteiger partial charge is 0.444 e. The summed E-state index contributed by atoms with van der Waals surface area (Å²) in [5.74, 6) is 0.0760. The topological polar surface area (TPSA) is 61.9 Å². The third-order valence-corrected chi connectivity index (χ3v) is 4.14. The van der Waals surface area contributed by atoms with E-state index in [0.29, 0.717) is 13.1 Å². The van der Waals surface area contributed by atoms with Crippen LogP contribution in [-0.2, 0) is 9.53 Å². The summed E-state index contributed by atoms with van der Waals surface area (Å²) in [6.45, 7) is 11.5. The molecule has 1 heterocycles. The maximum absolute atomic E-state index is 12.4. The van der Waals surface area contributed by atoms with Crippen LogP contribution in [0, 0.1) is 0 Å². The average molecular weight is 327 g/mol. The van der Waals surface area contributed by atoms with Crippen LogP contribution < -0.4 is 5.32 Å². The summed E-state index contributed by atoms with van der Waals surface area (Å²) in [6.07, 6.45) is 2.79. The molecule has 2 unspecified atom stereocenters. The summed E-state index contributed by atoms with van der Waals surface area (Å²) in [4.78, 5) is 28.0. The van der Waals surface area contributed by atoms with Crippen molar-refractivity contribution in [3.8, 4) is 0 Å². The molecule has 1 fully saturated rings. The fourth-order valence-electron chi connectivity index (χ4n) is 2.66. The lowest BCUT2D eigenvalue weighted by Crippen LogP contribution is -2.53. The van der Waals surface area contributed by atoms with E-state index in [1.54, 1.807) is 11.9 Å². The smallest absolute Gasteiger partial charge is 0.410 e. The summed E-state index contributed by atoms with van der Waals surface area (Å²) in [5.41, 5.74) is -0.487. The predicted octanol–water partition coefficient (Wildman–Crippen LogP) is 2.23. The van der Waals surface area contributed by atoms with Crippen molar-refractivity contribution < 1.29 is 14.3 Å². The molecule has 0 saturated carbocycles.